The number of ketones is 1. The van der Waals surface area contributed by atoms with Gasteiger partial charge >= 0.3 is 5.97 Å². The number of likely N-dealkylation sites (N-methyl/N-ethyl adjacent to an activating group) is 1. The molecule has 4 nitrogen and oxygen atoms in total. The van der Waals surface area contributed by atoms with E-state index in [-0.39, 0.29) is 24.3 Å². The summed E-state index contributed by atoms with van der Waals surface area (Å²) in [6, 6.07) is 0. The Morgan fingerprint density at radius 3 is 2.73 bits per heavy atom. The van der Waals surface area contributed by atoms with E-state index in [9.17, 15) is 9.59 Å². The summed E-state index contributed by atoms with van der Waals surface area (Å²) in [6.07, 6.45) is 2.54. The van der Waals surface area contributed by atoms with E-state index < -0.39 is 0 Å². The minimum absolute atomic E-state index is 0.0169. The quantitative estimate of drug-likeness (QED) is 0.653. The van der Waals surface area contributed by atoms with Crippen LogP contribution in [0.3, 0.4) is 0 Å². The highest BCUT2D eigenvalue weighted by Crippen LogP contribution is 2.12. The summed E-state index contributed by atoms with van der Waals surface area (Å²) in [5.41, 5.74) is 0. The van der Waals surface area contributed by atoms with Crippen LogP contribution in [0.1, 0.15) is 32.6 Å². The molecule has 0 bridgehead atoms. The lowest BCUT2D eigenvalue weighted by Crippen LogP contribution is -2.38. The van der Waals surface area contributed by atoms with E-state index in [1.54, 1.807) is 0 Å². The highest BCUT2D eigenvalue weighted by atomic mass is 16.5. The van der Waals surface area contributed by atoms with Gasteiger partial charge < -0.3 is 14.4 Å². The van der Waals surface area contributed by atoms with Crippen molar-refractivity contribution >= 4 is 11.8 Å². The van der Waals surface area contributed by atoms with Gasteiger partial charge in [-0.1, -0.05) is 0 Å². The monoisotopic (exact) mass is 213 g/mol. The van der Waals surface area contributed by atoms with E-state index >= 15 is 0 Å². The van der Waals surface area contributed by atoms with Crippen molar-refractivity contribution in [3.05, 3.63) is 0 Å². The van der Waals surface area contributed by atoms with E-state index in [0.717, 1.165) is 25.9 Å². The number of hydrogen-bond donors (Lipinski definition) is 0. The minimum Gasteiger partial charge on any atom is -0.461 e. The van der Waals surface area contributed by atoms with Gasteiger partial charge in [-0.25, -0.2) is 0 Å². The Morgan fingerprint density at radius 2 is 2.13 bits per heavy atom. The molecule has 1 unspecified atom stereocenters. The molecule has 0 aromatic carbocycles. The third kappa shape index (κ3) is 4.93. The van der Waals surface area contributed by atoms with Crippen molar-refractivity contribution in [1.29, 1.82) is 0 Å². The lowest BCUT2D eigenvalue weighted by Gasteiger charge is -2.29. The Morgan fingerprint density at radius 1 is 1.40 bits per heavy atom. The summed E-state index contributed by atoms with van der Waals surface area (Å²) in [7, 11) is 2.02. The van der Waals surface area contributed by atoms with Gasteiger partial charge in [0.25, 0.3) is 0 Å². The highest BCUT2D eigenvalue weighted by Gasteiger charge is 2.20. The Hall–Kier alpha value is -0.900. The number of ether oxygens (including phenoxy) is 1. The van der Waals surface area contributed by atoms with Crippen LogP contribution in [-0.4, -0.2) is 42.9 Å². The molecule has 1 heterocycles. The van der Waals surface area contributed by atoms with Crippen LogP contribution in [0.15, 0.2) is 0 Å². The zero-order chi connectivity index (χ0) is 11.3. The molecular formula is C11H19NO3. The molecule has 0 aromatic heterocycles. The number of rotatable bonds is 4. The van der Waals surface area contributed by atoms with Gasteiger partial charge in [-0.3, -0.25) is 4.79 Å². The van der Waals surface area contributed by atoms with Gasteiger partial charge in [-0.15, -0.1) is 0 Å². The molecule has 0 aromatic rings. The second kappa shape index (κ2) is 5.85. The summed E-state index contributed by atoms with van der Waals surface area (Å²) in [5, 5.41) is 0. The Labute approximate surface area is 90.6 Å². The fraction of sp³-hybridized carbons (Fsp3) is 0.818. The number of likely N-dealkylation sites (tertiary alicyclic amines) is 1. The minimum atomic E-state index is -0.245. The lowest BCUT2D eigenvalue weighted by atomic mass is 10.1. The molecule has 1 aliphatic heterocycles. The average molecular weight is 213 g/mol. The van der Waals surface area contributed by atoms with Crippen LogP contribution in [0.2, 0.25) is 0 Å². The van der Waals surface area contributed by atoms with Crippen molar-refractivity contribution in [2.75, 3.05) is 20.1 Å². The fourth-order valence-corrected chi connectivity index (χ4v) is 1.74. The molecule has 0 radical (unpaired) electrons. The first-order valence-corrected chi connectivity index (χ1v) is 5.45. The lowest BCUT2D eigenvalue weighted by molar-refractivity contribution is -0.152. The van der Waals surface area contributed by atoms with E-state index in [2.05, 4.69) is 4.90 Å². The molecule has 1 aliphatic rings. The van der Waals surface area contributed by atoms with E-state index in [4.69, 9.17) is 4.74 Å². The molecule has 0 aliphatic carbocycles. The van der Waals surface area contributed by atoms with Crippen molar-refractivity contribution in [2.24, 2.45) is 0 Å². The predicted octanol–water partition coefficient (Wildman–Crippen LogP) is 0.993. The Kier molecular flexibility index (Phi) is 4.75. The Bertz CT molecular complexity index is 240. The van der Waals surface area contributed by atoms with Crippen LogP contribution in [0.25, 0.3) is 0 Å². The van der Waals surface area contributed by atoms with Crippen molar-refractivity contribution in [2.45, 2.75) is 38.7 Å². The maximum atomic E-state index is 11.3. The van der Waals surface area contributed by atoms with E-state index in [0.29, 0.717) is 6.42 Å². The highest BCUT2D eigenvalue weighted by molar-refractivity contribution is 5.81. The smallest absolute Gasteiger partial charge is 0.306 e. The van der Waals surface area contributed by atoms with Crippen molar-refractivity contribution in [1.82, 2.24) is 4.90 Å². The van der Waals surface area contributed by atoms with Crippen LogP contribution < -0.4 is 0 Å². The summed E-state index contributed by atoms with van der Waals surface area (Å²) < 4.78 is 5.28. The fourth-order valence-electron chi connectivity index (χ4n) is 1.74. The molecular weight excluding hydrogens is 194 g/mol. The summed E-state index contributed by atoms with van der Waals surface area (Å²) >= 11 is 0. The standard InChI is InChI=1S/C11H19NO3/c1-9(13)5-6-11(14)15-10-4-3-7-12(2)8-10/h10H,3-8H2,1-2H3. The number of carbonyl (C=O) groups is 2. The number of piperidine rings is 1. The van der Waals surface area contributed by atoms with Crippen LogP contribution in [0.5, 0.6) is 0 Å². The molecule has 1 rings (SSSR count). The second-order valence-corrected chi connectivity index (χ2v) is 4.22. The van der Waals surface area contributed by atoms with Crippen LogP contribution in [0, 0.1) is 0 Å². The van der Waals surface area contributed by atoms with Crippen molar-refractivity contribution < 1.29 is 14.3 Å². The third-order valence-electron chi connectivity index (χ3n) is 2.56. The van der Waals surface area contributed by atoms with Gasteiger partial charge in [0.2, 0.25) is 0 Å². The SMILES string of the molecule is CC(=O)CCC(=O)OC1CCCN(C)C1. The predicted molar refractivity (Wildman–Crippen MR) is 56.5 cm³/mol. The molecule has 0 N–H and O–H groups in total. The maximum Gasteiger partial charge on any atom is 0.306 e. The van der Waals surface area contributed by atoms with Crippen molar-refractivity contribution in [3.63, 3.8) is 0 Å². The van der Waals surface area contributed by atoms with E-state index in [1.807, 2.05) is 7.05 Å². The normalized spacial score (nSPS) is 22.4. The largest absolute Gasteiger partial charge is 0.461 e. The molecule has 15 heavy (non-hydrogen) atoms. The zero-order valence-corrected chi connectivity index (χ0v) is 9.49. The van der Waals surface area contributed by atoms with Crippen LogP contribution >= 0.6 is 0 Å². The topological polar surface area (TPSA) is 46.6 Å². The summed E-state index contributed by atoms with van der Waals surface area (Å²) in [5.74, 6) is -0.210. The first-order valence-electron chi connectivity index (χ1n) is 5.45. The first-order chi connectivity index (χ1) is 7.08. The average Bonchev–Trinajstić information content (AvgIpc) is 2.15. The number of esters is 1. The zero-order valence-electron chi connectivity index (χ0n) is 9.49. The van der Waals surface area contributed by atoms with E-state index in [1.165, 1.54) is 6.92 Å². The maximum absolute atomic E-state index is 11.3. The van der Waals surface area contributed by atoms with Gasteiger partial charge in [-0.05, 0) is 33.4 Å². The Balaban J connectivity index is 2.22. The molecule has 1 atom stereocenters. The van der Waals surface area contributed by atoms with Gasteiger partial charge in [0.1, 0.15) is 11.9 Å². The summed E-state index contributed by atoms with van der Waals surface area (Å²) in [4.78, 5) is 24.2. The molecule has 86 valence electrons. The third-order valence-corrected chi connectivity index (χ3v) is 2.56. The number of nitrogens with zero attached hydrogens (tertiary/aromatic N) is 1. The van der Waals surface area contributed by atoms with Gasteiger partial charge in [0.05, 0.1) is 6.42 Å². The molecule has 4 heteroatoms. The van der Waals surface area contributed by atoms with Gasteiger partial charge in [0, 0.05) is 13.0 Å². The number of carbonyl (C=O) groups excluding carboxylic acids is 2. The van der Waals surface area contributed by atoms with Gasteiger partial charge in [0.15, 0.2) is 0 Å². The molecule has 0 spiro atoms. The van der Waals surface area contributed by atoms with Crippen LogP contribution in [-0.2, 0) is 14.3 Å². The summed E-state index contributed by atoms with van der Waals surface area (Å²) in [6.45, 7) is 3.37. The molecule has 0 amide bonds. The van der Waals surface area contributed by atoms with Crippen molar-refractivity contribution in [3.8, 4) is 0 Å². The molecule has 0 saturated carbocycles. The first kappa shape index (κ1) is 12.2. The second-order valence-electron chi connectivity index (χ2n) is 4.22. The number of hydrogen-bond acceptors (Lipinski definition) is 4. The van der Waals surface area contributed by atoms with Gasteiger partial charge in [-0.2, -0.15) is 0 Å². The van der Waals surface area contributed by atoms with Crippen LogP contribution in [0.4, 0.5) is 0 Å². The number of Topliss-reactive ketones (excluding diaryl/α,β-unsaturated/α-hetero) is 1. The molecule has 1 saturated heterocycles. The molecule has 1 fully saturated rings.